The molecule has 2 heterocycles. The number of carbonyl (C=O) groups excluding carboxylic acids is 1. The molecule has 0 saturated carbocycles. The van der Waals surface area contributed by atoms with E-state index in [2.05, 4.69) is 15.2 Å². The van der Waals surface area contributed by atoms with Crippen molar-refractivity contribution in [1.29, 1.82) is 0 Å². The first kappa shape index (κ1) is 19.9. The van der Waals surface area contributed by atoms with Crippen LogP contribution < -0.4 is 16.0 Å². The Morgan fingerprint density at radius 2 is 2.09 bits per heavy atom. The molecule has 1 fully saturated rings. The van der Waals surface area contributed by atoms with Gasteiger partial charge in [-0.1, -0.05) is 11.3 Å². The monoisotopic (exact) mass is 378 g/mol. The average molecular weight is 379 g/mol. The molecule has 3 N–H and O–H groups in total. The van der Waals surface area contributed by atoms with Gasteiger partial charge in [-0.05, 0) is 25.1 Å². The van der Waals surface area contributed by atoms with Crippen molar-refractivity contribution in [3.05, 3.63) is 18.2 Å². The summed E-state index contributed by atoms with van der Waals surface area (Å²) in [6.07, 6.45) is 0. The highest BCUT2D eigenvalue weighted by Gasteiger charge is 2.16. The molecule has 1 aromatic heterocycles. The van der Waals surface area contributed by atoms with Gasteiger partial charge in [-0.3, -0.25) is 4.79 Å². The van der Waals surface area contributed by atoms with Crippen molar-refractivity contribution in [3.8, 4) is 0 Å². The molecule has 9 heteroatoms. The number of nitrogens with zero attached hydrogens (tertiary/aromatic N) is 2. The zero-order valence-electron chi connectivity index (χ0n) is 12.7. The minimum atomic E-state index is -0.522. The highest BCUT2D eigenvalue weighted by molar-refractivity contribution is 7.22. The predicted molar refractivity (Wildman–Crippen MR) is 99.4 cm³/mol. The van der Waals surface area contributed by atoms with E-state index in [1.165, 1.54) is 0 Å². The molecular formula is C14H20Cl2N4O2S. The van der Waals surface area contributed by atoms with Crippen LogP contribution in [0.3, 0.4) is 0 Å². The predicted octanol–water partition coefficient (Wildman–Crippen LogP) is 2.26. The number of nitrogens with one attached hydrogen (secondary N) is 1. The van der Waals surface area contributed by atoms with E-state index in [9.17, 15) is 4.79 Å². The van der Waals surface area contributed by atoms with Crippen LogP contribution in [0.15, 0.2) is 18.2 Å². The van der Waals surface area contributed by atoms with Gasteiger partial charge < -0.3 is 20.7 Å². The van der Waals surface area contributed by atoms with Gasteiger partial charge in [0.15, 0.2) is 5.13 Å². The minimum Gasteiger partial charge on any atom is -0.378 e. The van der Waals surface area contributed by atoms with Crippen molar-refractivity contribution < 1.29 is 9.53 Å². The van der Waals surface area contributed by atoms with E-state index in [1.54, 1.807) is 18.3 Å². The fraction of sp³-hybridized carbons (Fsp3) is 0.429. The molecule has 0 spiro atoms. The molecule has 0 unspecified atom stereocenters. The number of carbonyl (C=O) groups is 1. The third kappa shape index (κ3) is 4.68. The first-order chi connectivity index (χ1) is 10.1. The van der Waals surface area contributed by atoms with Crippen LogP contribution in [0.4, 0.5) is 10.8 Å². The van der Waals surface area contributed by atoms with Crippen molar-refractivity contribution in [2.24, 2.45) is 5.73 Å². The number of ether oxygens (including phenoxy) is 1. The average Bonchev–Trinajstić information content (AvgIpc) is 2.91. The van der Waals surface area contributed by atoms with Gasteiger partial charge in [0.2, 0.25) is 5.91 Å². The summed E-state index contributed by atoms with van der Waals surface area (Å²) in [5.41, 5.74) is 7.25. The summed E-state index contributed by atoms with van der Waals surface area (Å²) in [6, 6.07) is 5.20. The fourth-order valence-corrected chi connectivity index (χ4v) is 3.19. The maximum Gasteiger partial charge on any atom is 0.240 e. The second-order valence-corrected chi connectivity index (χ2v) is 6.07. The molecule has 2 aromatic rings. The number of morpholine rings is 1. The van der Waals surface area contributed by atoms with Crippen LogP contribution >= 0.6 is 36.2 Å². The largest absolute Gasteiger partial charge is 0.378 e. The van der Waals surface area contributed by atoms with Crippen LogP contribution in [0.1, 0.15) is 6.92 Å². The smallest absolute Gasteiger partial charge is 0.240 e. The Morgan fingerprint density at radius 3 is 2.74 bits per heavy atom. The molecule has 128 valence electrons. The first-order valence-electron chi connectivity index (χ1n) is 6.93. The van der Waals surface area contributed by atoms with Gasteiger partial charge in [0.25, 0.3) is 0 Å². The number of hydrogen-bond donors (Lipinski definition) is 2. The van der Waals surface area contributed by atoms with E-state index < -0.39 is 6.04 Å². The molecule has 0 bridgehead atoms. The third-order valence-corrected chi connectivity index (χ3v) is 4.42. The Hall–Kier alpha value is -1.12. The van der Waals surface area contributed by atoms with Crippen LogP contribution in [0, 0.1) is 0 Å². The highest BCUT2D eigenvalue weighted by Crippen LogP contribution is 2.31. The lowest BCUT2D eigenvalue weighted by Gasteiger charge is -2.25. The van der Waals surface area contributed by atoms with E-state index in [0.29, 0.717) is 0 Å². The lowest BCUT2D eigenvalue weighted by atomic mass is 10.2. The number of benzene rings is 1. The van der Waals surface area contributed by atoms with Gasteiger partial charge in [0.1, 0.15) is 0 Å². The van der Waals surface area contributed by atoms with Crippen molar-refractivity contribution in [2.75, 3.05) is 36.5 Å². The first-order valence-corrected chi connectivity index (χ1v) is 7.75. The minimum absolute atomic E-state index is 0. The summed E-state index contributed by atoms with van der Waals surface area (Å²) in [6.45, 7) is 4.89. The molecule has 1 aromatic carbocycles. The second kappa shape index (κ2) is 8.65. The fourth-order valence-electron chi connectivity index (χ4n) is 2.14. The molecule has 0 radical (unpaired) electrons. The Bertz CT molecular complexity index is 659. The molecule has 1 atom stereocenters. The summed E-state index contributed by atoms with van der Waals surface area (Å²) in [4.78, 5) is 18.5. The Morgan fingerprint density at radius 1 is 1.39 bits per heavy atom. The summed E-state index contributed by atoms with van der Waals surface area (Å²) in [5, 5.41) is 3.81. The van der Waals surface area contributed by atoms with Crippen molar-refractivity contribution >= 4 is 63.1 Å². The van der Waals surface area contributed by atoms with E-state index in [1.807, 2.05) is 18.2 Å². The van der Waals surface area contributed by atoms with Crippen molar-refractivity contribution in [1.82, 2.24) is 4.98 Å². The lowest BCUT2D eigenvalue weighted by Crippen LogP contribution is -2.36. The van der Waals surface area contributed by atoms with Gasteiger partial charge in [0.05, 0.1) is 29.5 Å². The third-order valence-electron chi connectivity index (χ3n) is 3.34. The molecular weight excluding hydrogens is 359 g/mol. The standard InChI is InChI=1S/C14H18N4O2S.2ClH/c1-9(15)13(19)16-10-2-3-11-12(8-10)21-14(17-11)18-4-6-20-7-5-18;;/h2-3,8-9H,4-7,15H2,1H3,(H,16,19);2*1H/t9-;;/m1../s1. The van der Waals surface area contributed by atoms with Crippen molar-refractivity contribution in [3.63, 3.8) is 0 Å². The molecule has 23 heavy (non-hydrogen) atoms. The Balaban J connectivity index is 0.00000132. The van der Waals surface area contributed by atoms with Gasteiger partial charge in [0, 0.05) is 18.8 Å². The topological polar surface area (TPSA) is 80.5 Å². The Kier molecular flexibility index (Phi) is 7.50. The summed E-state index contributed by atoms with van der Waals surface area (Å²) >= 11 is 1.63. The van der Waals surface area contributed by atoms with Gasteiger partial charge >= 0.3 is 0 Å². The molecule has 1 aliphatic heterocycles. The van der Waals surface area contributed by atoms with Crippen LogP contribution in [-0.4, -0.2) is 43.2 Å². The summed E-state index contributed by atoms with van der Waals surface area (Å²) in [7, 11) is 0. The van der Waals surface area contributed by atoms with Crippen LogP contribution in [0.5, 0.6) is 0 Å². The number of halogens is 2. The molecule has 6 nitrogen and oxygen atoms in total. The van der Waals surface area contributed by atoms with Crippen LogP contribution in [-0.2, 0) is 9.53 Å². The second-order valence-electron chi connectivity index (χ2n) is 5.06. The van der Waals surface area contributed by atoms with Crippen LogP contribution in [0.2, 0.25) is 0 Å². The number of thiazole rings is 1. The summed E-state index contributed by atoms with van der Waals surface area (Å²) in [5.74, 6) is -0.188. The van der Waals surface area contributed by atoms with Crippen molar-refractivity contribution in [2.45, 2.75) is 13.0 Å². The molecule has 1 aliphatic rings. The van der Waals surface area contributed by atoms with Gasteiger partial charge in [-0.15, -0.1) is 24.8 Å². The highest BCUT2D eigenvalue weighted by atomic mass is 35.5. The quantitative estimate of drug-likeness (QED) is 0.855. The molecule has 1 amide bonds. The van der Waals surface area contributed by atoms with Gasteiger partial charge in [-0.25, -0.2) is 4.98 Å². The number of hydrogen-bond acceptors (Lipinski definition) is 6. The molecule has 1 saturated heterocycles. The van der Waals surface area contributed by atoms with E-state index in [-0.39, 0.29) is 30.7 Å². The zero-order valence-corrected chi connectivity index (χ0v) is 15.1. The SMILES string of the molecule is C[C@@H](N)C(=O)Nc1ccc2nc(N3CCOCC3)sc2c1.Cl.Cl. The number of rotatable bonds is 3. The number of amides is 1. The molecule has 0 aliphatic carbocycles. The molecule has 3 rings (SSSR count). The number of nitrogens with two attached hydrogens (primary N) is 1. The lowest BCUT2D eigenvalue weighted by molar-refractivity contribution is -0.117. The van der Waals surface area contributed by atoms with E-state index in [4.69, 9.17) is 10.5 Å². The van der Waals surface area contributed by atoms with Gasteiger partial charge in [-0.2, -0.15) is 0 Å². The van der Waals surface area contributed by atoms with E-state index in [0.717, 1.165) is 47.3 Å². The number of anilines is 2. The zero-order chi connectivity index (χ0) is 14.8. The normalized spacial score (nSPS) is 15.5. The van der Waals surface area contributed by atoms with E-state index >= 15 is 0 Å². The Labute approximate surface area is 151 Å². The summed E-state index contributed by atoms with van der Waals surface area (Å²) < 4.78 is 6.41. The number of fused-ring (bicyclic) bond motifs is 1. The number of aromatic nitrogens is 1. The van der Waals surface area contributed by atoms with Crippen LogP contribution in [0.25, 0.3) is 10.2 Å². The maximum atomic E-state index is 11.6. The maximum absolute atomic E-state index is 11.6.